The third-order valence-corrected chi connectivity index (χ3v) is 3.74. The number of fused-ring (bicyclic) bond motifs is 1. The lowest BCUT2D eigenvalue weighted by Crippen LogP contribution is -2.51. The van der Waals surface area contributed by atoms with Crippen LogP contribution in [0.4, 0.5) is 5.69 Å². The fraction of sp³-hybridized carbons (Fsp3) is 0.400. The van der Waals surface area contributed by atoms with Crippen molar-refractivity contribution < 1.29 is 4.79 Å². The number of nitrogens with one attached hydrogen (secondary N) is 2. The SMILES string of the molecule is O=C1NC2CCCCC2N=C1/C=N/Nc1ccccc1. The molecule has 0 spiro atoms. The first-order valence-corrected chi connectivity index (χ1v) is 7.06. The Morgan fingerprint density at radius 3 is 2.90 bits per heavy atom. The van der Waals surface area contributed by atoms with E-state index in [9.17, 15) is 4.79 Å². The van der Waals surface area contributed by atoms with Gasteiger partial charge in [0.15, 0.2) is 0 Å². The van der Waals surface area contributed by atoms with Crippen LogP contribution >= 0.6 is 0 Å². The van der Waals surface area contributed by atoms with Gasteiger partial charge in [-0.2, -0.15) is 5.10 Å². The maximum absolute atomic E-state index is 11.9. The number of carbonyl (C=O) groups excluding carboxylic acids is 1. The Hall–Kier alpha value is -2.17. The van der Waals surface area contributed by atoms with E-state index in [4.69, 9.17) is 0 Å². The van der Waals surface area contributed by atoms with E-state index in [-0.39, 0.29) is 18.0 Å². The molecule has 5 heteroatoms. The zero-order chi connectivity index (χ0) is 13.8. The van der Waals surface area contributed by atoms with Crippen molar-refractivity contribution in [2.75, 3.05) is 5.43 Å². The van der Waals surface area contributed by atoms with E-state index in [0.717, 1.165) is 18.5 Å². The van der Waals surface area contributed by atoms with Crippen LogP contribution in [0.1, 0.15) is 25.7 Å². The van der Waals surface area contributed by atoms with Crippen molar-refractivity contribution >= 4 is 23.5 Å². The van der Waals surface area contributed by atoms with E-state index in [1.807, 2.05) is 30.3 Å². The van der Waals surface area contributed by atoms with Crippen LogP contribution in [0.25, 0.3) is 0 Å². The highest BCUT2D eigenvalue weighted by molar-refractivity contribution is 6.61. The van der Waals surface area contributed by atoms with Gasteiger partial charge in [-0.25, -0.2) is 0 Å². The monoisotopic (exact) mass is 270 g/mol. The fourth-order valence-corrected chi connectivity index (χ4v) is 2.69. The molecule has 0 aromatic heterocycles. The van der Waals surface area contributed by atoms with Crippen molar-refractivity contribution in [3.8, 4) is 0 Å². The number of hydrogen-bond acceptors (Lipinski definition) is 4. The summed E-state index contributed by atoms with van der Waals surface area (Å²) < 4.78 is 0. The van der Waals surface area contributed by atoms with Crippen LogP contribution in [0.3, 0.4) is 0 Å². The van der Waals surface area contributed by atoms with E-state index in [1.165, 1.54) is 19.1 Å². The topological polar surface area (TPSA) is 65.8 Å². The van der Waals surface area contributed by atoms with Gasteiger partial charge in [0.2, 0.25) is 0 Å². The van der Waals surface area contributed by atoms with Crippen molar-refractivity contribution in [2.24, 2.45) is 10.1 Å². The Balaban J connectivity index is 1.67. The molecule has 2 unspecified atom stereocenters. The molecule has 1 fully saturated rings. The van der Waals surface area contributed by atoms with E-state index >= 15 is 0 Å². The van der Waals surface area contributed by atoms with Gasteiger partial charge in [0.1, 0.15) is 5.71 Å². The summed E-state index contributed by atoms with van der Waals surface area (Å²) in [6.45, 7) is 0. The molecule has 2 aliphatic rings. The molecule has 1 aromatic carbocycles. The predicted octanol–water partition coefficient (Wildman–Crippen LogP) is 1.97. The van der Waals surface area contributed by atoms with E-state index in [2.05, 4.69) is 20.8 Å². The summed E-state index contributed by atoms with van der Waals surface area (Å²) in [5, 5.41) is 7.12. The lowest BCUT2D eigenvalue weighted by Gasteiger charge is -2.32. The number of benzene rings is 1. The van der Waals surface area contributed by atoms with Crippen molar-refractivity contribution in [1.82, 2.24) is 5.32 Å². The molecule has 5 nitrogen and oxygen atoms in total. The van der Waals surface area contributed by atoms with Crippen LogP contribution in [0.2, 0.25) is 0 Å². The second-order valence-electron chi connectivity index (χ2n) is 5.18. The van der Waals surface area contributed by atoms with Gasteiger partial charge < -0.3 is 5.32 Å². The summed E-state index contributed by atoms with van der Waals surface area (Å²) in [6, 6.07) is 10.1. The number of hydrazone groups is 1. The molecule has 1 aliphatic heterocycles. The lowest BCUT2D eigenvalue weighted by atomic mass is 9.89. The van der Waals surface area contributed by atoms with Crippen LogP contribution < -0.4 is 10.7 Å². The zero-order valence-electron chi connectivity index (χ0n) is 11.2. The molecule has 3 rings (SSSR count). The molecule has 0 saturated heterocycles. The highest BCUT2D eigenvalue weighted by Gasteiger charge is 2.31. The zero-order valence-corrected chi connectivity index (χ0v) is 11.2. The summed E-state index contributed by atoms with van der Waals surface area (Å²) in [7, 11) is 0. The fourth-order valence-electron chi connectivity index (χ4n) is 2.69. The largest absolute Gasteiger partial charge is 0.346 e. The van der Waals surface area contributed by atoms with Gasteiger partial charge in [-0.05, 0) is 25.0 Å². The second-order valence-corrected chi connectivity index (χ2v) is 5.18. The normalized spacial score (nSPS) is 25.8. The molecule has 2 atom stereocenters. The second kappa shape index (κ2) is 5.86. The molecule has 1 amide bonds. The Morgan fingerprint density at radius 2 is 2.05 bits per heavy atom. The average Bonchev–Trinajstić information content (AvgIpc) is 2.49. The maximum atomic E-state index is 11.9. The molecule has 0 radical (unpaired) electrons. The van der Waals surface area contributed by atoms with Crippen LogP contribution in [0, 0.1) is 0 Å². The highest BCUT2D eigenvalue weighted by atomic mass is 16.2. The minimum Gasteiger partial charge on any atom is -0.346 e. The number of hydrogen-bond donors (Lipinski definition) is 2. The van der Waals surface area contributed by atoms with Crippen LogP contribution in [-0.4, -0.2) is 29.9 Å². The number of nitrogens with zero attached hydrogens (tertiary/aromatic N) is 2. The molecule has 1 aromatic rings. The molecule has 1 heterocycles. The van der Waals surface area contributed by atoms with E-state index < -0.39 is 0 Å². The minimum absolute atomic E-state index is 0.119. The highest BCUT2D eigenvalue weighted by Crippen LogP contribution is 2.23. The van der Waals surface area contributed by atoms with Gasteiger partial charge in [-0.3, -0.25) is 15.2 Å². The van der Waals surface area contributed by atoms with Crippen LogP contribution in [-0.2, 0) is 4.79 Å². The van der Waals surface area contributed by atoms with Crippen molar-refractivity contribution in [3.05, 3.63) is 30.3 Å². The third kappa shape index (κ3) is 2.87. The summed E-state index contributed by atoms with van der Waals surface area (Å²) in [4.78, 5) is 16.5. The van der Waals surface area contributed by atoms with Gasteiger partial charge in [0.05, 0.1) is 24.0 Å². The van der Waals surface area contributed by atoms with Crippen LogP contribution in [0.5, 0.6) is 0 Å². The molecular formula is C15H18N4O. The smallest absolute Gasteiger partial charge is 0.271 e. The summed E-state index contributed by atoms with van der Waals surface area (Å²) >= 11 is 0. The van der Waals surface area contributed by atoms with Crippen molar-refractivity contribution in [3.63, 3.8) is 0 Å². The summed E-state index contributed by atoms with van der Waals surface area (Å²) in [5.41, 5.74) is 4.19. The lowest BCUT2D eigenvalue weighted by molar-refractivity contribution is -0.116. The first-order chi connectivity index (χ1) is 9.83. The number of anilines is 1. The Kier molecular flexibility index (Phi) is 3.76. The summed E-state index contributed by atoms with van der Waals surface area (Å²) in [5.74, 6) is -0.119. The molecule has 1 aliphatic carbocycles. The Labute approximate surface area is 118 Å². The van der Waals surface area contributed by atoms with Gasteiger partial charge >= 0.3 is 0 Å². The number of amides is 1. The summed E-state index contributed by atoms with van der Waals surface area (Å²) in [6.07, 6.45) is 5.96. The standard InChI is InChI=1S/C15H18N4O/c20-15-14(10-16-19-11-6-2-1-3-7-11)17-12-8-4-5-9-13(12)18-15/h1-3,6-7,10,12-13,19H,4-5,8-9H2,(H,18,20)/b16-10+. The maximum Gasteiger partial charge on any atom is 0.271 e. The van der Waals surface area contributed by atoms with Crippen LogP contribution in [0.15, 0.2) is 40.4 Å². The molecule has 2 N–H and O–H groups in total. The molecule has 20 heavy (non-hydrogen) atoms. The molecule has 0 bridgehead atoms. The average molecular weight is 270 g/mol. The van der Waals surface area contributed by atoms with Crippen molar-refractivity contribution in [2.45, 2.75) is 37.8 Å². The quantitative estimate of drug-likeness (QED) is 0.651. The van der Waals surface area contributed by atoms with Gasteiger partial charge in [0.25, 0.3) is 5.91 Å². The van der Waals surface area contributed by atoms with E-state index in [1.54, 1.807) is 0 Å². The molecule has 1 saturated carbocycles. The molecular weight excluding hydrogens is 252 g/mol. The van der Waals surface area contributed by atoms with Gasteiger partial charge in [-0.15, -0.1) is 0 Å². The first-order valence-electron chi connectivity index (χ1n) is 7.06. The predicted molar refractivity (Wildman–Crippen MR) is 80.2 cm³/mol. The van der Waals surface area contributed by atoms with Gasteiger partial charge in [0, 0.05) is 0 Å². The van der Waals surface area contributed by atoms with Crippen molar-refractivity contribution in [1.29, 1.82) is 0 Å². The first kappa shape index (κ1) is 12.8. The number of aliphatic imine (C=N–C) groups is 1. The third-order valence-electron chi connectivity index (χ3n) is 3.74. The van der Waals surface area contributed by atoms with E-state index in [0.29, 0.717) is 5.71 Å². The Bertz CT molecular complexity index is 538. The molecule has 104 valence electrons. The number of rotatable bonds is 3. The Morgan fingerprint density at radius 1 is 1.25 bits per heavy atom. The van der Waals surface area contributed by atoms with Gasteiger partial charge in [-0.1, -0.05) is 31.0 Å². The number of para-hydroxylation sites is 1. The number of carbonyl (C=O) groups is 1. The minimum atomic E-state index is -0.119.